The molecule has 0 bridgehead atoms. The fraction of sp³-hybridized carbons (Fsp3) is 0.304. The zero-order valence-corrected chi connectivity index (χ0v) is 15.9. The van der Waals surface area contributed by atoms with E-state index < -0.39 is 0 Å². The van der Waals surface area contributed by atoms with Crippen LogP contribution in [0, 0.1) is 0 Å². The zero-order chi connectivity index (χ0) is 18.1. The van der Waals surface area contributed by atoms with E-state index in [2.05, 4.69) is 96.6 Å². The van der Waals surface area contributed by atoms with E-state index in [0.717, 1.165) is 19.4 Å². The van der Waals surface area contributed by atoms with Gasteiger partial charge in [0, 0.05) is 54.8 Å². The predicted octanol–water partition coefficient (Wildman–Crippen LogP) is 3.01. The average molecular weight is 345 g/mol. The van der Waals surface area contributed by atoms with Gasteiger partial charge in [-0.1, -0.05) is 30.4 Å². The molecule has 1 aromatic heterocycles. The first-order valence-electron chi connectivity index (χ1n) is 9.43. The summed E-state index contributed by atoms with van der Waals surface area (Å²) in [5.41, 5.74) is 5.17. The summed E-state index contributed by atoms with van der Waals surface area (Å²) in [4.78, 5) is 2.14. The zero-order valence-electron chi connectivity index (χ0n) is 15.9. The van der Waals surface area contributed by atoms with Crippen molar-refractivity contribution >= 4 is 18.0 Å². The third kappa shape index (κ3) is 3.22. The highest BCUT2D eigenvalue weighted by molar-refractivity contribution is 5.65. The molecule has 0 amide bonds. The summed E-state index contributed by atoms with van der Waals surface area (Å²) in [6.45, 7) is 3.12. The number of hydrogen-bond donors (Lipinski definition) is 1. The van der Waals surface area contributed by atoms with Gasteiger partial charge in [-0.15, -0.1) is 0 Å². The van der Waals surface area contributed by atoms with Crippen LogP contribution in [0.25, 0.3) is 23.5 Å². The number of nitrogens with one attached hydrogen (secondary N) is 1. The molecule has 1 N–H and O–H groups in total. The molecular weight excluding hydrogens is 318 g/mol. The van der Waals surface area contributed by atoms with Gasteiger partial charge in [0.25, 0.3) is 0 Å². The molecule has 1 atom stereocenters. The lowest BCUT2D eigenvalue weighted by Crippen LogP contribution is -2.39. The van der Waals surface area contributed by atoms with E-state index in [1.54, 1.807) is 0 Å². The second-order valence-electron chi connectivity index (χ2n) is 7.42. The molecule has 26 heavy (non-hydrogen) atoms. The van der Waals surface area contributed by atoms with Crippen LogP contribution >= 0.6 is 0 Å². The fourth-order valence-electron chi connectivity index (χ4n) is 3.70. The first-order chi connectivity index (χ1) is 12.6. The van der Waals surface area contributed by atoms with Gasteiger partial charge in [-0.2, -0.15) is 0 Å². The van der Waals surface area contributed by atoms with Crippen molar-refractivity contribution in [3.8, 4) is 11.3 Å². The molecule has 0 fully saturated rings. The first-order valence-corrected chi connectivity index (χ1v) is 9.43. The maximum Gasteiger partial charge on any atom is 0.0494 e. The highest BCUT2D eigenvalue weighted by atomic mass is 15.1. The molecule has 0 saturated carbocycles. The molecule has 4 rings (SSSR count). The largest absolute Gasteiger partial charge is 0.384 e. The van der Waals surface area contributed by atoms with E-state index in [0.29, 0.717) is 6.04 Å². The van der Waals surface area contributed by atoms with Gasteiger partial charge in [0.1, 0.15) is 0 Å². The Hall–Kier alpha value is -2.68. The van der Waals surface area contributed by atoms with Gasteiger partial charge in [-0.3, -0.25) is 0 Å². The average Bonchev–Trinajstić information content (AvgIpc) is 3.00. The van der Waals surface area contributed by atoms with Crippen LogP contribution in [0.5, 0.6) is 0 Å². The molecule has 3 heteroatoms. The van der Waals surface area contributed by atoms with E-state index in [9.17, 15) is 0 Å². The summed E-state index contributed by atoms with van der Waals surface area (Å²) in [5.74, 6) is 0. The van der Waals surface area contributed by atoms with Gasteiger partial charge >= 0.3 is 0 Å². The lowest BCUT2D eigenvalue weighted by Gasteiger charge is -2.16. The molecule has 0 radical (unpaired) electrons. The van der Waals surface area contributed by atoms with Gasteiger partial charge in [-0.05, 0) is 55.2 Å². The lowest BCUT2D eigenvalue weighted by atomic mass is 10.1. The van der Waals surface area contributed by atoms with Crippen molar-refractivity contribution in [3.05, 3.63) is 64.7 Å². The molecule has 1 aliphatic heterocycles. The standard InChI is InChI=1S/C23H27N3/c1-17-13-22-20(15-24-17)14-23(19-9-11-21(12-10-19)25(2)3)26(22)16-18-7-5-4-6-8-18/h5,7-15,17,24H,4,6,16H2,1-3H3. The molecule has 0 saturated heterocycles. The Balaban J connectivity index is 1.82. The minimum atomic E-state index is 0.357. The molecule has 3 nitrogen and oxygen atoms in total. The highest BCUT2D eigenvalue weighted by Crippen LogP contribution is 2.23. The Kier molecular flexibility index (Phi) is 4.46. The molecule has 1 aromatic carbocycles. The minimum absolute atomic E-state index is 0.357. The number of nitrogens with zero attached hydrogens (tertiary/aromatic N) is 2. The molecule has 2 aliphatic rings. The van der Waals surface area contributed by atoms with Crippen LogP contribution in [-0.4, -0.2) is 24.7 Å². The number of allylic oxidation sites excluding steroid dienone is 4. The van der Waals surface area contributed by atoms with Crippen LogP contribution in [0.2, 0.25) is 0 Å². The SMILES string of the molecule is CC1C=c2c(cc(-c3ccc(N(C)C)cc3)n2CC2=CCCC=C2)=CN1. The van der Waals surface area contributed by atoms with E-state index in [1.165, 1.54) is 33.1 Å². The monoisotopic (exact) mass is 345 g/mol. The summed E-state index contributed by atoms with van der Waals surface area (Å²) < 4.78 is 2.47. The number of fused-ring (bicyclic) bond motifs is 1. The Morgan fingerprint density at radius 3 is 2.65 bits per heavy atom. The van der Waals surface area contributed by atoms with Crippen molar-refractivity contribution in [3.63, 3.8) is 0 Å². The first kappa shape index (κ1) is 16.8. The Labute approximate surface area is 155 Å². The molecule has 2 aromatic rings. The van der Waals surface area contributed by atoms with E-state index >= 15 is 0 Å². The van der Waals surface area contributed by atoms with Gasteiger partial charge in [0.2, 0.25) is 0 Å². The van der Waals surface area contributed by atoms with Gasteiger partial charge in [-0.25, -0.2) is 0 Å². The van der Waals surface area contributed by atoms with Crippen molar-refractivity contribution in [2.75, 3.05) is 19.0 Å². The summed E-state index contributed by atoms with van der Waals surface area (Å²) in [5, 5.41) is 6.02. The summed E-state index contributed by atoms with van der Waals surface area (Å²) in [6.07, 6.45) is 13.7. The van der Waals surface area contributed by atoms with Crippen LogP contribution in [0.4, 0.5) is 5.69 Å². The molecule has 0 spiro atoms. The maximum absolute atomic E-state index is 3.43. The maximum atomic E-state index is 3.43. The van der Waals surface area contributed by atoms with Crippen LogP contribution in [-0.2, 0) is 6.54 Å². The second-order valence-corrected chi connectivity index (χ2v) is 7.42. The third-order valence-corrected chi connectivity index (χ3v) is 5.17. The van der Waals surface area contributed by atoms with E-state index in [4.69, 9.17) is 0 Å². The van der Waals surface area contributed by atoms with Crippen LogP contribution < -0.4 is 20.8 Å². The number of anilines is 1. The normalized spacial score (nSPS) is 18.3. The lowest BCUT2D eigenvalue weighted by molar-refractivity contribution is 0.752. The van der Waals surface area contributed by atoms with Gasteiger partial charge in [0.15, 0.2) is 0 Å². The molecular formula is C23H27N3. The number of aromatic nitrogens is 1. The number of hydrogen-bond acceptors (Lipinski definition) is 2. The topological polar surface area (TPSA) is 20.2 Å². The second kappa shape index (κ2) is 6.91. The Morgan fingerprint density at radius 1 is 1.15 bits per heavy atom. The van der Waals surface area contributed by atoms with Crippen LogP contribution in [0.1, 0.15) is 19.8 Å². The fourth-order valence-corrected chi connectivity index (χ4v) is 3.70. The van der Waals surface area contributed by atoms with E-state index in [1.807, 2.05) is 0 Å². The molecule has 2 heterocycles. The van der Waals surface area contributed by atoms with Crippen LogP contribution in [0.15, 0.2) is 54.1 Å². The van der Waals surface area contributed by atoms with Crippen molar-refractivity contribution in [2.24, 2.45) is 0 Å². The quantitative estimate of drug-likeness (QED) is 0.919. The third-order valence-electron chi connectivity index (χ3n) is 5.17. The number of rotatable bonds is 4. The molecule has 134 valence electrons. The van der Waals surface area contributed by atoms with Gasteiger partial charge < -0.3 is 14.8 Å². The summed E-state index contributed by atoms with van der Waals surface area (Å²) >= 11 is 0. The number of benzene rings is 1. The Morgan fingerprint density at radius 2 is 1.96 bits per heavy atom. The predicted molar refractivity (Wildman–Crippen MR) is 111 cm³/mol. The van der Waals surface area contributed by atoms with Crippen molar-refractivity contribution < 1.29 is 0 Å². The smallest absolute Gasteiger partial charge is 0.0494 e. The summed E-state index contributed by atoms with van der Waals surface area (Å²) in [7, 11) is 4.16. The van der Waals surface area contributed by atoms with Crippen molar-refractivity contribution in [1.82, 2.24) is 9.88 Å². The molecule has 1 unspecified atom stereocenters. The summed E-state index contributed by atoms with van der Waals surface area (Å²) in [6, 6.07) is 11.5. The van der Waals surface area contributed by atoms with Crippen molar-refractivity contribution in [2.45, 2.75) is 32.4 Å². The highest BCUT2D eigenvalue weighted by Gasteiger charge is 2.13. The molecule has 1 aliphatic carbocycles. The van der Waals surface area contributed by atoms with Gasteiger partial charge in [0.05, 0.1) is 0 Å². The van der Waals surface area contributed by atoms with Crippen molar-refractivity contribution in [1.29, 1.82) is 0 Å². The minimum Gasteiger partial charge on any atom is -0.384 e. The van der Waals surface area contributed by atoms with E-state index in [-0.39, 0.29) is 0 Å². The Bertz CT molecular complexity index is 972. The van der Waals surface area contributed by atoms with Crippen LogP contribution in [0.3, 0.4) is 0 Å².